The maximum atomic E-state index is 4.05. The summed E-state index contributed by atoms with van der Waals surface area (Å²) >= 11 is 0. The van der Waals surface area contributed by atoms with Crippen LogP contribution in [0.4, 0.5) is 0 Å². The zero-order valence-corrected chi connectivity index (χ0v) is 11.2. The van der Waals surface area contributed by atoms with Crippen molar-refractivity contribution >= 4 is 0 Å². The fourth-order valence-corrected chi connectivity index (χ4v) is 2.00. The van der Waals surface area contributed by atoms with Crippen molar-refractivity contribution in [2.75, 3.05) is 20.6 Å². The predicted octanol–water partition coefficient (Wildman–Crippen LogP) is 2.43. The fraction of sp³-hybridized carbons (Fsp3) is 0.400. The van der Waals surface area contributed by atoms with E-state index in [0.29, 0.717) is 0 Å². The van der Waals surface area contributed by atoms with Crippen LogP contribution in [0.15, 0.2) is 43.0 Å². The van der Waals surface area contributed by atoms with Crippen molar-refractivity contribution in [1.82, 2.24) is 14.5 Å². The van der Waals surface area contributed by atoms with Crippen LogP contribution in [0.3, 0.4) is 0 Å². The SMILES string of the molecule is CN(C)CCCc1ccc(Cn2ccnc2)cc1. The van der Waals surface area contributed by atoms with Crippen LogP contribution in [0.5, 0.6) is 0 Å². The van der Waals surface area contributed by atoms with E-state index >= 15 is 0 Å². The van der Waals surface area contributed by atoms with Crippen LogP contribution >= 0.6 is 0 Å². The molecule has 2 aromatic rings. The van der Waals surface area contributed by atoms with E-state index in [1.165, 1.54) is 17.5 Å². The first-order valence-electron chi connectivity index (χ1n) is 6.42. The summed E-state index contributed by atoms with van der Waals surface area (Å²) in [6, 6.07) is 8.90. The second-order valence-corrected chi connectivity index (χ2v) is 4.96. The maximum Gasteiger partial charge on any atom is 0.0949 e. The highest BCUT2D eigenvalue weighted by Gasteiger charge is 1.97. The lowest BCUT2D eigenvalue weighted by atomic mass is 10.1. The third-order valence-electron chi connectivity index (χ3n) is 3.02. The van der Waals surface area contributed by atoms with Gasteiger partial charge in [0, 0.05) is 18.9 Å². The fourth-order valence-electron chi connectivity index (χ4n) is 2.00. The van der Waals surface area contributed by atoms with Crippen molar-refractivity contribution in [3.05, 3.63) is 54.1 Å². The molecule has 0 atom stereocenters. The molecule has 0 amide bonds. The molecule has 0 bridgehead atoms. The van der Waals surface area contributed by atoms with Gasteiger partial charge in [0.05, 0.1) is 6.33 Å². The Morgan fingerprint density at radius 3 is 2.44 bits per heavy atom. The van der Waals surface area contributed by atoms with Crippen LogP contribution in [-0.2, 0) is 13.0 Å². The number of aryl methyl sites for hydroxylation is 1. The summed E-state index contributed by atoms with van der Waals surface area (Å²) in [6.45, 7) is 2.05. The van der Waals surface area contributed by atoms with Crippen molar-refractivity contribution in [1.29, 1.82) is 0 Å². The molecule has 0 N–H and O–H groups in total. The summed E-state index contributed by atoms with van der Waals surface area (Å²) in [7, 11) is 4.24. The van der Waals surface area contributed by atoms with Gasteiger partial charge in [-0.2, -0.15) is 0 Å². The smallest absolute Gasteiger partial charge is 0.0949 e. The van der Waals surface area contributed by atoms with Gasteiger partial charge in [-0.05, 0) is 44.6 Å². The van der Waals surface area contributed by atoms with Gasteiger partial charge in [0.25, 0.3) is 0 Å². The van der Waals surface area contributed by atoms with Gasteiger partial charge in [0.15, 0.2) is 0 Å². The van der Waals surface area contributed by atoms with Crippen LogP contribution in [0.1, 0.15) is 17.5 Å². The van der Waals surface area contributed by atoms with E-state index in [9.17, 15) is 0 Å². The molecule has 3 nitrogen and oxygen atoms in total. The van der Waals surface area contributed by atoms with Crippen molar-refractivity contribution < 1.29 is 0 Å². The largest absolute Gasteiger partial charge is 0.333 e. The van der Waals surface area contributed by atoms with Gasteiger partial charge in [0.1, 0.15) is 0 Å². The second kappa shape index (κ2) is 6.36. The summed E-state index contributed by atoms with van der Waals surface area (Å²) in [6.07, 6.45) is 8.03. The monoisotopic (exact) mass is 243 g/mol. The molecule has 3 heteroatoms. The average molecular weight is 243 g/mol. The summed E-state index contributed by atoms with van der Waals surface area (Å²) in [4.78, 5) is 6.28. The highest BCUT2D eigenvalue weighted by Crippen LogP contribution is 2.08. The molecule has 0 aliphatic rings. The molecule has 1 aromatic heterocycles. The van der Waals surface area contributed by atoms with Gasteiger partial charge < -0.3 is 9.47 Å². The normalized spacial score (nSPS) is 11.1. The number of hydrogen-bond acceptors (Lipinski definition) is 2. The van der Waals surface area contributed by atoms with Crippen molar-refractivity contribution in [3.63, 3.8) is 0 Å². The number of rotatable bonds is 6. The van der Waals surface area contributed by atoms with Crippen molar-refractivity contribution in [2.24, 2.45) is 0 Å². The van der Waals surface area contributed by atoms with Gasteiger partial charge in [-0.3, -0.25) is 0 Å². The lowest BCUT2D eigenvalue weighted by Gasteiger charge is -2.09. The maximum absolute atomic E-state index is 4.05. The van der Waals surface area contributed by atoms with Gasteiger partial charge in [-0.1, -0.05) is 24.3 Å². The molecule has 18 heavy (non-hydrogen) atoms. The first kappa shape index (κ1) is 12.8. The van der Waals surface area contributed by atoms with Crippen LogP contribution < -0.4 is 0 Å². The molecule has 0 aliphatic heterocycles. The van der Waals surface area contributed by atoms with E-state index in [2.05, 4.69) is 52.8 Å². The molecule has 0 saturated heterocycles. The quantitative estimate of drug-likeness (QED) is 0.777. The molecular formula is C15H21N3. The van der Waals surface area contributed by atoms with Crippen LogP contribution in [0.2, 0.25) is 0 Å². The Morgan fingerprint density at radius 2 is 1.83 bits per heavy atom. The van der Waals surface area contributed by atoms with E-state index < -0.39 is 0 Å². The Bertz CT molecular complexity index is 443. The molecular weight excluding hydrogens is 222 g/mol. The zero-order chi connectivity index (χ0) is 12.8. The first-order valence-corrected chi connectivity index (χ1v) is 6.42. The van der Waals surface area contributed by atoms with Crippen LogP contribution in [-0.4, -0.2) is 35.1 Å². The van der Waals surface area contributed by atoms with Crippen LogP contribution in [0, 0.1) is 0 Å². The number of benzene rings is 1. The Morgan fingerprint density at radius 1 is 1.11 bits per heavy atom. The van der Waals surface area contributed by atoms with E-state index in [1.54, 1.807) is 0 Å². The lowest BCUT2D eigenvalue weighted by Crippen LogP contribution is -2.13. The lowest BCUT2D eigenvalue weighted by molar-refractivity contribution is 0.400. The molecule has 1 heterocycles. The van der Waals surface area contributed by atoms with E-state index in [1.807, 2.05) is 18.7 Å². The first-order chi connectivity index (χ1) is 8.74. The zero-order valence-electron chi connectivity index (χ0n) is 11.2. The van der Waals surface area contributed by atoms with E-state index in [-0.39, 0.29) is 0 Å². The molecule has 96 valence electrons. The van der Waals surface area contributed by atoms with Gasteiger partial charge in [0.2, 0.25) is 0 Å². The van der Waals surface area contributed by atoms with E-state index in [0.717, 1.165) is 19.5 Å². The van der Waals surface area contributed by atoms with Crippen molar-refractivity contribution in [3.8, 4) is 0 Å². The molecule has 1 aromatic carbocycles. The second-order valence-electron chi connectivity index (χ2n) is 4.96. The summed E-state index contributed by atoms with van der Waals surface area (Å²) in [5.41, 5.74) is 2.75. The number of aromatic nitrogens is 2. The van der Waals surface area contributed by atoms with E-state index in [4.69, 9.17) is 0 Å². The van der Waals surface area contributed by atoms with Gasteiger partial charge in [-0.15, -0.1) is 0 Å². The Hall–Kier alpha value is -1.61. The predicted molar refractivity (Wildman–Crippen MR) is 74.6 cm³/mol. The van der Waals surface area contributed by atoms with Crippen molar-refractivity contribution in [2.45, 2.75) is 19.4 Å². The molecule has 0 fully saturated rings. The minimum atomic E-state index is 0.901. The van der Waals surface area contributed by atoms with Crippen LogP contribution in [0.25, 0.3) is 0 Å². The average Bonchev–Trinajstić information content (AvgIpc) is 2.84. The minimum absolute atomic E-state index is 0.901. The molecule has 0 spiro atoms. The highest BCUT2D eigenvalue weighted by molar-refractivity contribution is 5.22. The molecule has 2 rings (SSSR count). The third-order valence-corrected chi connectivity index (χ3v) is 3.02. The Kier molecular flexibility index (Phi) is 4.53. The number of nitrogens with zero attached hydrogens (tertiary/aromatic N) is 3. The molecule has 0 aliphatic carbocycles. The summed E-state index contributed by atoms with van der Waals surface area (Å²) < 4.78 is 2.08. The molecule has 0 unspecified atom stereocenters. The minimum Gasteiger partial charge on any atom is -0.333 e. The van der Waals surface area contributed by atoms with Gasteiger partial charge in [-0.25, -0.2) is 4.98 Å². The third kappa shape index (κ3) is 4.00. The van der Waals surface area contributed by atoms with Gasteiger partial charge >= 0.3 is 0 Å². The molecule has 0 radical (unpaired) electrons. The topological polar surface area (TPSA) is 21.1 Å². The standard InChI is InChI=1S/C15H21N3/c1-17(2)10-3-4-14-5-7-15(8-6-14)12-18-11-9-16-13-18/h5-9,11,13H,3-4,10,12H2,1-2H3. The summed E-state index contributed by atoms with van der Waals surface area (Å²) in [5.74, 6) is 0. The number of hydrogen-bond donors (Lipinski definition) is 0. The summed E-state index contributed by atoms with van der Waals surface area (Å²) in [5, 5.41) is 0. The Balaban J connectivity index is 1.85. The Labute approximate surface area is 109 Å². The highest BCUT2D eigenvalue weighted by atomic mass is 15.0. The number of imidazole rings is 1. The molecule has 0 saturated carbocycles.